The minimum atomic E-state index is 0.376. The number of hydrogen-bond acceptors (Lipinski definition) is 2. The third-order valence-electron chi connectivity index (χ3n) is 5.10. The van der Waals surface area contributed by atoms with E-state index in [0.29, 0.717) is 5.54 Å². The van der Waals surface area contributed by atoms with Crippen LogP contribution in [0.5, 0.6) is 0 Å². The summed E-state index contributed by atoms with van der Waals surface area (Å²) in [5.41, 5.74) is 6.49. The van der Waals surface area contributed by atoms with E-state index in [4.69, 9.17) is 5.73 Å². The minimum absolute atomic E-state index is 0.376. The number of rotatable bonds is 3. The van der Waals surface area contributed by atoms with Crippen molar-refractivity contribution in [1.29, 1.82) is 0 Å². The van der Waals surface area contributed by atoms with Gasteiger partial charge in [-0.25, -0.2) is 0 Å². The van der Waals surface area contributed by atoms with Crippen molar-refractivity contribution in [3.05, 3.63) is 0 Å². The second kappa shape index (κ2) is 5.05. The topological polar surface area (TPSA) is 29.3 Å². The van der Waals surface area contributed by atoms with E-state index in [1.165, 1.54) is 51.6 Å². The van der Waals surface area contributed by atoms with Gasteiger partial charge in [-0.15, -0.1) is 0 Å². The fourth-order valence-electron chi connectivity index (χ4n) is 3.65. The van der Waals surface area contributed by atoms with Gasteiger partial charge in [-0.1, -0.05) is 20.3 Å². The molecule has 0 radical (unpaired) electrons. The lowest BCUT2D eigenvalue weighted by atomic mass is 9.88. The zero-order valence-electron chi connectivity index (χ0n) is 11.0. The van der Waals surface area contributed by atoms with Crippen molar-refractivity contribution in [1.82, 2.24) is 4.90 Å². The van der Waals surface area contributed by atoms with E-state index < -0.39 is 0 Å². The SMILES string of the molecule is CCC1CCC(CN)(N2CCC(C)CC2)C1. The second-order valence-electron chi connectivity index (χ2n) is 6.12. The largest absolute Gasteiger partial charge is 0.329 e. The van der Waals surface area contributed by atoms with Crippen molar-refractivity contribution >= 4 is 0 Å². The molecule has 0 aromatic carbocycles. The summed E-state index contributed by atoms with van der Waals surface area (Å²) in [6.45, 7) is 8.16. The highest BCUT2D eigenvalue weighted by Gasteiger charge is 2.42. The molecule has 0 aromatic rings. The smallest absolute Gasteiger partial charge is 0.0334 e. The van der Waals surface area contributed by atoms with Crippen LogP contribution >= 0.6 is 0 Å². The van der Waals surface area contributed by atoms with Gasteiger partial charge in [0.15, 0.2) is 0 Å². The summed E-state index contributed by atoms with van der Waals surface area (Å²) in [4.78, 5) is 2.72. The lowest BCUT2D eigenvalue weighted by molar-refractivity contribution is 0.0589. The van der Waals surface area contributed by atoms with Crippen molar-refractivity contribution < 1.29 is 0 Å². The van der Waals surface area contributed by atoms with Crippen LogP contribution in [0.4, 0.5) is 0 Å². The lowest BCUT2D eigenvalue weighted by Crippen LogP contribution is -2.54. The first kappa shape index (κ1) is 12.4. The number of likely N-dealkylation sites (tertiary alicyclic amines) is 1. The molecule has 1 aliphatic carbocycles. The van der Waals surface area contributed by atoms with E-state index in [1.54, 1.807) is 0 Å². The van der Waals surface area contributed by atoms with Crippen LogP contribution in [0.25, 0.3) is 0 Å². The molecule has 2 unspecified atom stereocenters. The molecule has 0 aromatic heterocycles. The summed E-state index contributed by atoms with van der Waals surface area (Å²) in [5.74, 6) is 1.86. The maximum absolute atomic E-state index is 6.11. The Morgan fingerprint density at radius 2 is 1.94 bits per heavy atom. The molecule has 1 heterocycles. The Morgan fingerprint density at radius 3 is 2.44 bits per heavy atom. The lowest BCUT2D eigenvalue weighted by Gasteiger charge is -2.44. The molecule has 2 atom stereocenters. The van der Waals surface area contributed by atoms with Crippen LogP contribution < -0.4 is 5.73 Å². The van der Waals surface area contributed by atoms with E-state index >= 15 is 0 Å². The molecule has 2 aliphatic rings. The molecule has 2 N–H and O–H groups in total. The van der Waals surface area contributed by atoms with Gasteiger partial charge in [0.1, 0.15) is 0 Å². The Balaban J connectivity index is 1.99. The molecule has 0 spiro atoms. The van der Waals surface area contributed by atoms with Crippen molar-refractivity contribution in [2.75, 3.05) is 19.6 Å². The second-order valence-corrected chi connectivity index (χ2v) is 6.12. The summed E-state index contributed by atoms with van der Waals surface area (Å²) in [6, 6.07) is 0. The normalized spacial score (nSPS) is 38.1. The zero-order chi connectivity index (χ0) is 11.6. The average Bonchev–Trinajstić information content (AvgIpc) is 2.75. The van der Waals surface area contributed by atoms with Gasteiger partial charge < -0.3 is 5.73 Å². The molecule has 1 saturated carbocycles. The molecular formula is C14H28N2. The predicted molar refractivity (Wildman–Crippen MR) is 69.4 cm³/mol. The fourth-order valence-corrected chi connectivity index (χ4v) is 3.65. The molecule has 0 amide bonds. The molecule has 1 aliphatic heterocycles. The zero-order valence-corrected chi connectivity index (χ0v) is 11.0. The Hall–Kier alpha value is -0.0800. The predicted octanol–water partition coefficient (Wildman–Crippen LogP) is 2.63. The van der Waals surface area contributed by atoms with Gasteiger partial charge in [-0.2, -0.15) is 0 Å². The Labute approximate surface area is 101 Å². The molecule has 94 valence electrons. The van der Waals surface area contributed by atoms with Gasteiger partial charge in [-0.05, 0) is 57.0 Å². The number of nitrogens with two attached hydrogens (primary N) is 1. The maximum atomic E-state index is 6.11. The highest BCUT2D eigenvalue weighted by molar-refractivity contribution is 4.99. The van der Waals surface area contributed by atoms with Crippen molar-refractivity contribution in [3.63, 3.8) is 0 Å². The maximum Gasteiger partial charge on any atom is 0.0334 e. The van der Waals surface area contributed by atoms with E-state index in [9.17, 15) is 0 Å². The molecule has 16 heavy (non-hydrogen) atoms. The van der Waals surface area contributed by atoms with Gasteiger partial charge >= 0.3 is 0 Å². The number of nitrogens with zero attached hydrogens (tertiary/aromatic N) is 1. The molecular weight excluding hydrogens is 196 g/mol. The molecule has 2 fully saturated rings. The first-order chi connectivity index (χ1) is 7.70. The van der Waals surface area contributed by atoms with Crippen LogP contribution in [0.3, 0.4) is 0 Å². The van der Waals surface area contributed by atoms with E-state index in [0.717, 1.165) is 18.4 Å². The summed E-state index contributed by atoms with van der Waals surface area (Å²) in [7, 11) is 0. The summed E-state index contributed by atoms with van der Waals surface area (Å²) in [6.07, 6.45) is 8.19. The first-order valence-corrected chi connectivity index (χ1v) is 7.15. The fraction of sp³-hybridized carbons (Fsp3) is 1.00. The highest BCUT2D eigenvalue weighted by Crippen LogP contribution is 2.41. The Kier molecular flexibility index (Phi) is 3.91. The van der Waals surface area contributed by atoms with Crippen LogP contribution in [0.2, 0.25) is 0 Å². The average molecular weight is 224 g/mol. The van der Waals surface area contributed by atoms with Crippen molar-refractivity contribution in [3.8, 4) is 0 Å². The van der Waals surface area contributed by atoms with Gasteiger partial charge in [0.05, 0.1) is 0 Å². The molecule has 0 bridgehead atoms. The Bertz CT molecular complexity index is 221. The molecule has 2 rings (SSSR count). The van der Waals surface area contributed by atoms with Crippen LogP contribution in [0.1, 0.15) is 52.4 Å². The third-order valence-corrected chi connectivity index (χ3v) is 5.10. The molecule has 2 heteroatoms. The van der Waals surface area contributed by atoms with Crippen molar-refractivity contribution in [2.24, 2.45) is 17.6 Å². The van der Waals surface area contributed by atoms with Crippen LogP contribution in [-0.2, 0) is 0 Å². The van der Waals surface area contributed by atoms with Gasteiger partial charge in [0.2, 0.25) is 0 Å². The highest BCUT2D eigenvalue weighted by atomic mass is 15.2. The monoisotopic (exact) mass is 224 g/mol. The van der Waals surface area contributed by atoms with Crippen LogP contribution in [0, 0.1) is 11.8 Å². The molecule has 2 nitrogen and oxygen atoms in total. The first-order valence-electron chi connectivity index (χ1n) is 7.15. The minimum Gasteiger partial charge on any atom is -0.329 e. The summed E-state index contributed by atoms with van der Waals surface area (Å²) < 4.78 is 0. The molecule has 1 saturated heterocycles. The van der Waals surface area contributed by atoms with Gasteiger partial charge in [-0.3, -0.25) is 4.90 Å². The van der Waals surface area contributed by atoms with E-state index in [2.05, 4.69) is 18.7 Å². The van der Waals surface area contributed by atoms with E-state index in [1.807, 2.05) is 0 Å². The van der Waals surface area contributed by atoms with Crippen LogP contribution in [-0.4, -0.2) is 30.1 Å². The van der Waals surface area contributed by atoms with Gasteiger partial charge in [0, 0.05) is 12.1 Å². The standard InChI is InChI=1S/C14H28N2/c1-3-13-4-7-14(10-13,11-15)16-8-5-12(2)6-9-16/h12-13H,3-11,15H2,1-2H3. The van der Waals surface area contributed by atoms with Crippen LogP contribution in [0.15, 0.2) is 0 Å². The summed E-state index contributed by atoms with van der Waals surface area (Å²) in [5, 5.41) is 0. The number of piperidine rings is 1. The Morgan fingerprint density at radius 1 is 1.25 bits per heavy atom. The quantitative estimate of drug-likeness (QED) is 0.798. The number of hydrogen-bond donors (Lipinski definition) is 1. The summed E-state index contributed by atoms with van der Waals surface area (Å²) >= 11 is 0. The van der Waals surface area contributed by atoms with E-state index in [-0.39, 0.29) is 0 Å². The van der Waals surface area contributed by atoms with Gasteiger partial charge in [0.25, 0.3) is 0 Å². The van der Waals surface area contributed by atoms with Crippen molar-refractivity contribution in [2.45, 2.75) is 57.9 Å². The third kappa shape index (κ3) is 2.28.